The summed E-state index contributed by atoms with van der Waals surface area (Å²) in [4.78, 5) is 5.27. The van der Waals surface area contributed by atoms with Gasteiger partial charge in [-0.3, -0.25) is 4.90 Å². The Morgan fingerprint density at radius 2 is 1.71 bits per heavy atom. The van der Waals surface area contributed by atoms with E-state index in [0.29, 0.717) is 6.54 Å². The highest BCUT2D eigenvalue weighted by Gasteiger charge is 2.09. The normalized spacial score (nSPS) is 9.92. The fourth-order valence-electron chi connectivity index (χ4n) is 2.32. The van der Waals surface area contributed by atoms with Crippen molar-refractivity contribution in [3.8, 4) is 16.9 Å². The SMILES string of the molecule is CC(C)Oc1ccc(-c2c[nH]cc2CN(C)CCO)cc1.Cl.Cl.Cl. The van der Waals surface area contributed by atoms with E-state index in [1.165, 1.54) is 16.7 Å². The van der Waals surface area contributed by atoms with Crippen LogP contribution in [-0.4, -0.2) is 41.3 Å². The minimum atomic E-state index is 0. The second-order valence-corrected chi connectivity index (χ2v) is 5.55. The van der Waals surface area contributed by atoms with Gasteiger partial charge in [0.25, 0.3) is 0 Å². The van der Waals surface area contributed by atoms with Gasteiger partial charge in [-0.25, -0.2) is 0 Å². The van der Waals surface area contributed by atoms with Crippen LogP contribution in [0.25, 0.3) is 11.1 Å². The van der Waals surface area contributed by atoms with Crippen molar-refractivity contribution >= 4 is 37.2 Å². The van der Waals surface area contributed by atoms with Crippen LogP contribution in [0.1, 0.15) is 19.4 Å². The molecule has 1 aromatic heterocycles. The summed E-state index contributed by atoms with van der Waals surface area (Å²) in [6.45, 7) is 5.71. The molecule has 7 heteroatoms. The first-order chi connectivity index (χ1) is 10.1. The van der Waals surface area contributed by atoms with Crippen molar-refractivity contribution in [3.63, 3.8) is 0 Å². The second kappa shape index (κ2) is 12.5. The van der Waals surface area contributed by atoms with Gasteiger partial charge < -0.3 is 14.8 Å². The maximum atomic E-state index is 8.99. The van der Waals surface area contributed by atoms with Crippen LogP contribution < -0.4 is 4.74 Å². The Hall–Kier alpha value is -0.910. The van der Waals surface area contributed by atoms with E-state index in [1.807, 2.05) is 45.4 Å². The summed E-state index contributed by atoms with van der Waals surface area (Å²) in [5.41, 5.74) is 3.58. The molecule has 1 heterocycles. The molecular formula is C17H27Cl3N2O2. The summed E-state index contributed by atoms with van der Waals surface area (Å²) in [5.74, 6) is 0.892. The number of benzene rings is 1. The molecule has 2 aromatic rings. The lowest BCUT2D eigenvalue weighted by Crippen LogP contribution is -2.21. The number of aliphatic hydroxyl groups excluding tert-OH is 1. The fourth-order valence-corrected chi connectivity index (χ4v) is 2.32. The Morgan fingerprint density at radius 3 is 2.25 bits per heavy atom. The van der Waals surface area contributed by atoms with E-state index in [1.54, 1.807) is 0 Å². The predicted octanol–water partition coefficient (Wildman–Crippen LogP) is 4.16. The van der Waals surface area contributed by atoms with Crippen LogP contribution >= 0.6 is 37.2 Å². The third-order valence-corrected chi connectivity index (χ3v) is 3.29. The monoisotopic (exact) mass is 396 g/mol. The van der Waals surface area contributed by atoms with Crippen LogP contribution in [0.4, 0.5) is 0 Å². The lowest BCUT2D eigenvalue weighted by atomic mass is 10.0. The van der Waals surface area contributed by atoms with Crippen LogP contribution in [0.2, 0.25) is 0 Å². The average molecular weight is 398 g/mol. The molecule has 2 N–H and O–H groups in total. The molecule has 4 nitrogen and oxygen atoms in total. The van der Waals surface area contributed by atoms with Crippen LogP contribution in [0, 0.1) is 0 Å². The van der Waals surface area contributed by atoms with Gasteiger partial charge in [-0.05, 0) is 44.2 Å². The largest absolute Gasteiger partial charge is 0.491 e. The highest BCUT2D eigenvalue weighted by atomic mass is 35.5. The summed E-state index contributed by atoms with van der Waals surface area (Å²) < 4.78 is 5.67. The molecule has 0 spiro atoms. The summed E-state index contributed by atoms with van der Waals surface area (Å²) in [5, 5.41) is 8.99. The highest BCUT2D eigenvalue weighted by molar-refractivity contribution is 5.86. The lowest BCUT2D eigenvalue weighted by molar-refractivity contribution is 0.217. The van der Waals surface area contributed by atoms with E-state index < -0.39 is 0 Å². The molecule has 0 aliphatic heterocycles. The molecule has 0 bridgehead atoms. The fraction of sp³-hybridized carbons (Fsp3) is 0.412. The topological polar surface area (TPSA) is 48.5 Å². The third kappa shape index (κ3) is 7.32. The van der Waals surface area contributed by atoms with Crippen molar-refractivity contribution in [2.75, 3.05) is 20.2 Å². The molecule has 0 aliphatic rings. The number of aromatic nitrogens is 1. The zero-order chi connectivity index (χ0) is 15.2. The summed E-state index contributed by atoms with van der Waals surface area (Å²) in [6, 6.07) is 8.17. The van der Waals surface area contributed by atoms with E-state index >= 15 is 0 Å². The molecule has 0 unspecified atom stereocenters. The number of hydrogen-bond acceptors (Lipinski definition) is 3. The predicted molar refractivity (Wildman–Crippen MR) is 107 cm³/mol. The smallest absolute Gasteiger partial charge is 0.119 e. The average Bonchev–Trinajstić information content (AvgIpc) is 2.87. The van der Waals surface area contributed by atoms with Crippen molar-refractivity contribution in [2.24, 2.45) is 0 Å². The number of nitrogens with one attached hydrogen (secondary N) is 1. The van der Waals surface area contributed by atoms with Gasteiger partial charge >= 0.3 is 0 Å². The van der Waals surface area contributed by atoms with Crippen molar-refractivity contribution in [1.82, 2.24) is 9.88 Å². The molecule has 0 aliphatic carbocycles. The molecular weight excluding hydrogens is 371 g/mol. The Labute approximate surface area is 162 Å². The molecule has 0 saturated heterocycles. The van der Waals surface area contributed by atoms with Crippen molar-refractivity contribution in [2.45, 2.75) is 26.5 Å². The number of hydrogen-bond donors (Lipinski definition) is 2. The molecule has 0 amide bonds. The highest BCUT2D eigenvalue weighted by Crippen LogP contribution is 2.26. The molecule has 2 rings (SSSR count). The Kier molecular flexibility index (Phi) is 13.1. The summed E-state index contributed by atoms with van der Waals surface area (Å²) in [6.07, 6.45) is 4.22. The minimum Gasteiger partial charge on any atom is -0.491 e. The Morgan fingerprint density at radius 1 is 1.08 bits per heavy atom. The van der Waals surface area contributed by atoms with Crippen LogP contribution in [-0.2, 0) is 6.54 Å². The lowest BCUT2D eigenvalue weighted by Gasteiger charge is -2.15. The molecule has 0 fully saturated rings. The first-order valence-corrected chi connectivity index (χ1v) is 7.32. The van der Waals surface area contributed by atoms with Gasteiger partial charge in [-0.2, -0.15) is 0 Å². The first-order valence-electron chi connectivity index (χ1n) is 7.32. The maximum Gasteiger partial charge on any atom is 0.119 e. The van der Waals surface area contributed by atoms with Crippen LogP contribution in [0.15, 0.2) is 36.7 Å². The van der Waals surface area contributed by atoms with Gasteiger partial charge in [0, 0.05) is 31.0 Å². The number of rotatable bonds is 7. The zero-order valence-corrected chi connectivity index (χ0v) is 16.6. The molecule has 24 heavy (non-hydrogen) atoms. The molecule has 138 valence electrons. The van der Waals surface area contributed by atoms with Crippen molar-refractivity contribution < 1.29 is 9.84 Å². The maximum absolute atomic E-state index is 8.99. The van der Waals surface area contributed by atoms with Crippen LogP contribution in [0.3, 0.4) is 0 Å². The Bertz CT molecular complexity index is 559. The number of H-pyrrole nitrogens is 1. The molecule has 0 atom stereocenters. The number of ether oxygens (including phenoxy) is 1. The van der Waals surface area contributed by atoms with Crippen LogP contribution in [0.5, 0.6) is 5.75 Å². The van der Waals surface area contributed by atoms with Crippen molar-refractivity contribution in [3.05, 3.63) is 42.2 Å². The first kappa shape index (κ1) is 25.3. The second-order valence-electron chi connectivity index (χ2n) is 5.55. The van der Waals surface area contributed by atoms with Gasteiger partial charge in [0.15, 0.2) is 0 Å². The third-order valence-electron chi connectivity index (χ3n) is 3.29. The summed E-state index contributed by atoms with van der Waals surface area (Å²) in [7, 11) is 2.01. The summed E-state index contributed by atoms with van der Waals surface area (Å²) >= 11 is 0. The van der Waals surface area contributed by atoms with E-state index in [0.717, 1.165) is 12.3 Å². The molecule has 0 radical (unpaired) electrons. The zero-order valence-electron chi connectivity index (χ0n) is 14.2. The van der Waals surface area contributed by atoms with Gasteiger partial charge in [0.2, 0.25) is 0 Å². The quantitative estimate of drug-likeness (QED) is 0.737. The number of aliphatic hydroxyl groups is 1. The number of nitrogens with zero attached hydrogens (tertiary/aromatic N) is 1. The number of halogens is 3. The molecule has 1 aromatic carbocycles. The van der Waals surface area contributed by atoms with E-state index in [2.05, 4.69) is 22.0 Å². The Balaban J connectivity index is 0. The van der Waals surface area contributed by atoms with Gasteiger partial charge in [0.1, 0.15) is 5.75 Å². The van der Waals surface area contributed by atoms with Gasteiger partial charge in [-0.15, -0.1) is 37.2 Å². The van der Waals surface area contributed by atoms with E-state index in [9.17, 15) is 0 Å². The van der Waals surface area contributed by atoms with Gasteiger partial charge in [0.05, 0.1) is 12.7 Å². The number of likely N-dealkylation sites (N-methyl/N-ethyl adjacent to an activating group) is 1. The van der Waals surface area contributed by atoms with Gasteiger partial charge in [-0.1, -0.05) is 12.1 Å². The molecule has 0 saturated carbocycles. The number of aromatic amines is 1. The van der Waals surface area contributed by atoms with Crippen molar-refractivity contribution in [1.29, 1.82) is 0 Å². The minimum absolute atomic E-state index is 0. The standard InChI is InChI=1S/C17H24N2O2.3ClH/c1-13(2)21-16-6-4-14(5-7-16)17-11-18-10-15(17)12-19(3)8-9-20;;;/h4-7,10-11,13,18,20H,8-9,12H2,1-3H3;3*1H. The van der Waals surface area contributed by atoms with E-state index in [4.69, 9.17) is 9.84 Å². The van der Waals surface area contributed by atoms with E-state index in [-0.39, 0.29) is 49.9 Å².